The number of carbonyl (C=O) groups is 2. The second-order valence-corrected chi connectivity index (χ2v) is 18.1. The molecule has 10 heteroatoms. The Bertz CT molecular complexity index is 1080. The van der Waals surface area contributed by atoms with Gasteiger partial charge in [-0.15, -0.1) is 0 Å². The number of ether oxygens (including phenoxy) is 2. The topological polar surface area (TPSA) is 120 Å². The van der Waals surface area contributed by atoms with E-state index in [4.69, 9.17) is 18.5 Å². The molecule has 0 aliphatic carbocycles. The fourth-order valence-electron chi connectivity index (χ4n) is 6.98. The first kappa shape index (κ1) is 58.2. The van der Waals surface area contributed by atoms with E-state index >= 15 is 0 Å². The molecule has 2 N–H and O–H groups in total. The van der Waals surface area contributed by atoms with E-state index in [1.807, 2.05) is 0 Å². The molecule has 0 saturated carbocycles. The number of phosphoric acid groups is 1. The van der Waals surface area contributed by atoms with Crippen LogP contribution in [0.2, 0.25) is 0 Å². The second kappa shape index (κ2) is 46.7. The van der Waals surface area contributed by atoms with Gasteiger partial charge in [-0.2, -0.15) is 0 Å². The molecular weight excluding hydrogens is 774 g/mol. The van der Waals surface area contributed by atoms with Crippen LogP contribution in [0.4, 0.5) is 0 Å². The Morgan fingerprint density at radius 3 is 1.38 bits per heavy atom. The smallest absolute Gasteiger partial charge is 0.462 e. The molecule has 352 valence electrons. The van der Waals surface area contributed by atoms with Crippen LogP contribution in [-0.4, -0.2) is 56.3 Å². The van der Waals surface area contributed by atoms with Gasteiger partial charge in [-0.1, -0.05) is 211 Å². The van der Waals surface area contributed by atoms with Crippen LogP contribution in [0.15, 0.2) is 36.5 Å². The van der Waals surface area contributed by atoms with Crippen molar-refractivity contribution >= 4 is 19.8 Å². The molecule has 0 spiro atoms. The summed E-state index contributed by atoms with van der Waals surface area (Å²) in [4.78, 5) is 35.2. The van der Waals surface area contributed by atoms with E-state index < -0.39 is 26.5 Å². The highest BCUT2D eigenvalue weighted by Crippen LogP contribution is 2.43. The largest absolute Gasteiger partial charge is 0.472 e. The average molecular weight is 868 g/mol. The molecule has 0 aliphatic rings. The van der Waals surface area contributed by atoms with Crippen LogP contribution in [0, 0.1) is 0 Å². The zero-order chi connectivity index (χ0) is 43.9. The maximum atomic E-state index is 12.6. The lowest BCUT2D eigenvalue weighted by molar-refractivity contribution is -0.161. The Labute approximate surface area is 369 Å². The zero-order valence-corrected chi connectivity index (χ0v) is 40.1. The molecule has 2 atom stereocenters. The van der Waals surface area contributed by atoms with E-state index in [1.165, 1.54) is 154 Å². The minimum Gasteiger partial charge on any atom is -0.462 e. The van der Waals surface area contributed by atoms with E-state index in [0.717, 1.165) is 44.9 Å². The minimum absolute atomic E-state index is 0.0249. The maximum absolute atomic E-state index is 12.6. The first-order valence-electron chi connectivity index (χ1n) is 24.9. The van der Waals surface area contributed by atoms with Crippen molar-refractivity contribution in [3.05, 3.63) is 36.5 Å². The highest BCUT2D eigenvalue weighted by molar-refractivity contribution is 7.47. The first-order chi connectivity index (χ1) is 29.3. The highest BCUT2D eigenvalue weighted by Gasteiger charge is 2.26. The number of allylic oxidation sites excluding steroid dienone is 6. The third kappa shape index (κ3) is 45.7. The summed E-state index contributed by atoms with van der Waals surface area (Å²) in [5.74, 6) is -0.858. The molecule has 0 fully saturated rings. The van der Waals surface area contributed by atoms with Gasteiger partial charge in [0.1, 0.15) is 6.61 Å². The molecule has 2 unspecified atom stereocenters. The van der Waals surface area contributed by atoms with Gasteiger partial charge in [0.2, 0.25) is 0 Å². The fourth-order valence-corrected chi connectivity index (χ4v) is 7.73. The van der Waals surface area contributed by atoms with Crippen molar-refractivity contribution < 1.29 is 37.6 Å². The fraction of sp³-hybridized carbons (Fsp3) is 0.840. The van der Waals surface area contributed by atoms with Crippen LogP contribution in [0.3, 0.4) is 0 Å². The molecule has 60 heavy (non-hydrogen) atoms. The number of likely N-dealkylation sites (N-methyl/N-ethyl adjacent to an activating group) is 1. The standard InChI is InChI=1S/C50H94NO8P/c1-4-6-8-10-12-14-16-18-20-22-23-24-25-27-28-30-32-34-36-38-40-42-49(52)56-46-48(47-58-60(54,55)57-45-44-51-3)59-50(53)43-41-39-37-35-33-31-29-26-21-19-17-15-13-11-9-7-5-2/h19,21,29,31,35,37,48,51H,4-18,20,22-28,30,32-34,36,38-47H2,1-3H3,(H,54,55)/b21-19-,31-29-,37-35-. The van der Waals surface area contributed by atoms with Crippen molar-refractivity contribution in [3.8, 4) is 0 Å². The van der Waals surface area contributed by atoms with Crippen molar-refractivity contribution in [2.24, 2.45) is 0 Å². The number of esters is 2. The monoisotopic (exact) mass is 868 g/mol. The Hall–Kier alpha value is -1.77. The van der Waals surface area contributed by atoms with Gasteiger partial charge in [0.15, 0.2) is 6.10 Å². The predicted octanol–water partition coefficient (Wildman–Crippen LogP) is 14.8. The van der Waals surface area contributed by atoms with Gasteiger partial charge in [-0.05, 0) is 52.0 Å². The van der Waals surface area contributed by atoms with Crippen LogP contribution in [-0.2, 0) is 32.7 Å². The third-order valence-corrected chi connectivity index (χ3v) is 11.7. The molecule has 0 aromatic rings. The van der Waals surface area contributed by atoms with Crippen molar-refractivity contribution in [1.29, 1.82) is 0 Å². The van der Waals surface area contributed by atoms with Gasteiger partial charge >= 0.3 is 19.8 Å². The van der Waals surface area contributed by atoms with Gasteiger partial charge in [0, 0.05) is 19.4 Å². The number of phosphoric ester groups is 1. The van der Waals surface area contributed by atoms with Crippen LogP contribution >= 0.6 is 7.82 Å². The molecule has 0 radical (unpaired) electrons. The lowest BCUT2D eigenvalue weighted by Crippen LogP contribution is -2.29. The highest BCUT2D eigenvalue weighted by atomic mass is 31.2. The number of nitrogens with one attached hydrogen (secondary N) is 1. The Morgan fingerprint density at radius 2 is 0.917 bits per heavy atom. The van der Waals surface area contributed by atoms with Crippen LogP contribution in [0.5, 0.6) is 0 Å². The molecule has 9 nitrogen and oxygen atoms in total. The van der Waals surface area contributed by atoms with Crippen molar-refractivity contribution in [2.75, 3.05) is 33.4 Å². The normalized spacial score (nSPS) is 13.5. The van der Waals surface area contributed by atoms with E-state index in [1.54, 1.807) is 7.05 Å². The number of carbonyl (C=O) groups excluding carboxylic acids is 2. The SMILES string of the molecule is CCCCCCCC/C=C\C/C=C\C/C=C\CCCC(=O)OC(COC(=O)CCCCCCCCCCCCCCCCCCCCCCC)COP(=O)(O)OCCNC. The summed E-state index contributed by atoms with van der Waals surface area (Å²) in [6.07, 6.45) is 52.1. The molecule has 0 amide bonds. The van der Waals surface area contributed by atoms with E-state index in [0.29, 0.717) is 13.0 Å². The number of rotatable bonds is 47. The van der Waals surface area contributed by atoms with Crippen molar-refractivity contribution in [1.82, 2.24) is 5.32 Å². The lowest BCUT2D eigenvalue weighted by atomic mass is 10.0. The second-order valence-electron chi connectivity index (χ2n) is 16.7. The predicted molar refractivity (Wildman–Crippen MR) is 252 cm³/mol. The maximum Gasteiger partial charge on any atom is 0.472 e. The van der Waals surface area contributed by atoms with Gasteiger partial charge in [0.05, 0.1) is 13.2 Å². The van der Waals surface area contributed by atoms with Gasteiger partial charge in [-0.3, -0.25) is 18.6 Å². The van der Waals surface area contributed by atoms with E-state index in [2.05, 4.69) is 55.6 Å². The van der Waals surface area contributed by atoms with E-state index in [-0.39, 0.29) is 32.0 Å². The summed E-state index contributed by atoms with van der Waals surface area (Å²) in [5.41, 5.74) is 0. The van der Waals surface area contributed by atoms with Crippen LogP contribution < -0.4 is 5.32 Å². The van der Waals surface area contributed by atoms with Crippen LogP contribution in [0.1, 0.15) is 232 Å². The quantitative estimate of drug-likeness (QED) is 0.0266. The van der Waals surface area contributed by atoms with Crippen molar-refractivity contribution in [2.45, 2.75) is 238 Å². The zero-order valence-electron chi connectivity index (χ0n) is 39.2. The molecule has 0 rings (SSSR count). The molecule has 0 bridgehead atoms. The summed E-state index contributed by atoms with van der Waals surface area (Å²) in [6, 6.07) is 0. The average Bonchev–Trinajstić information content (AvgIpc) is 3.23. The number of hydrogen-bond acceptors (Lipinski definition) is 8. The Kier molecular flexibility index (Phi) is 45.3. The molecule has 0 aromatic carbocycles. The van der Waals surface area contributed by atoms with Gasteiger partial charge in [0.25, 0.3) is 0 Å². The first-order valence-corrected chi connectivity index (χ1v) is 26.4. The lowest BCUT2D eigenvalue weighted by Gasteiger charge is -2.20. The minimum atomic E-state index is -4.36. The number of unbranched alkanes of at least 4 members (excludes halogenated alkanes) is 27. The summed E-state index contributed by atoms with van der Waals surface area (Å²) >= 11 is 0. The van der Waals surface area contributed by atoms with E-state index in [9.17, 15) is 19.0 Å². The summed E-state index contributed by atoms with van der Waals surface area (Å²) < 4.78 is 33.2. The van der Waals surface area contributed by atoms with Gasteiger partial charge in [-0.25, -0.2) is 4.57 Å². The molecule has 0 saturated heterocycles. The van der Waals surface area contributed by atoms with Crippen LogP contribution in [0.25, 0.3) is 0 Å². The van der Waals surface area contributed by atoms with Gasteiger partial charge < -0.3 is 19.7 Å². The Morgan fingerprint density at radius 1 is 0.517 bits per heavy atom. The number of hydrogen-bond donors (Lipinski definition) is 2. The molecular formula is C50H94NO8P. The summed E-state index contributed by atoms with van der Waals surface area (Å²) in [7, 11) is -2.67. The molecule has 0 heterocycles. The summed E-state index contributed by atoms with van der Waals surface area (Å²) in [5, 5.41) is 2.82. The third-order valence-electron chi connectivity index (χ3n) is 10.8. The Balaban J connectivity index is 4.16. The molecule has 0 aromatic heterocycles. The summed E-state index contributed by atoms with van der Waals surface area (Å²) in [6.45, 7) is 4.20. The molecule has 0 aliphatic heterocycles. The van der Waals surface area contributed by atoms with Crippen molar-refractivity contribution in [3.63, 3.8) is 0 Å².